The van der Waals surface area contributed by atoms with Crippen molar-refractivity contribution in [2.24, 2.45) is 17.8 Å². The highest BCUT2D eigenvalue weighted by Gasteiger charge is 2.46. The highest BCUT2D eigenvalue weighted by atomic mass is 15.0. The van der Waals surface area contributed by atoms with Crippen molar-refractivity contribution in [2.45, 2.75) is 53.0 Å². The molecule has 0 aromatic heterocycles. The zero-order valence-corrected chi connectivity index (χ0v) is 10.4. The summed E-state index contributed by atoms with van der Waals surface area (Å²) >= 11 is 0. The molecule has 82 valence electrons. The molecule has 0 aliphatic heterocycles. The van der Waals surface area contributed by atoms with Crippen LogP contribution in [0.1, 0.15) is 47.5 Å². The van der Waals surface area contributed by atoms with E-state index in [1.54, 1.807) is 0 Å². The van der Waals surface area contributed by atoms with Gasteiger partial charge in [-0.3, -0.25) is 0 Å². The summed E-state index contributed by atoms with van der Waals surface area (Å²) in [4.78, 5) is 0. The van der Waals surface area contributed by atoms with E-state index in [-0.39, 0.29) is 0 Å². The van der Waals surface area contributed by atoms with Crippen LogP contribution in [0.5, 0.6) is 0 Å². The largest absolute Gasteiger partial charge is 0.383 e. The Labute approximate surface area is 89.0 Å². The molecule has 0 aromatic rings. The lowest BCUT2D eigenvalue weighted by molar-refractivity contribution is 0.0398. The van der Waals surface area contributed by atoms with Crippen molar-refractivity contribution in [1.82, 2.24) is 5.32 Å². The average molecular weight is 195 g/mol. The molecule has 0 heterocycles. The van der Waals surface area contributed by atoms with Crippen molar-refractivity contribution < 1.29 is 0 Å². The van der Waals surface area contributed by atoms with E-state index in [0.29, 0.717) is 11.5 Å². The lowest BCUT2D eigenvalue weighted by Crippen LogP contribution is -2.59. The summed E-state index contributed by atoms with van der Waals surface area (Å²) in [6, 6.07) is 0. The van der Waals surface area contributed by atoms with Crippen molar-refractivity contribution in [3.05, 3.63) is 12.3 Å². The van der Waals surface area contributed by atoms with Gasteiger partial charge in [0.05, 0.1) is 0 Å². The number of nitrogens with one attached hydrogen (secondary N) is 1. The molecule has 0 saturated heterocycles. The molecule has 0 spiro atoms. The molecule has 1 rings (SSSR count). The predicted molar refractivity (Wildman–Crippen MR) is 63.1 cm³/mol. The Hall–Kier alpha value is -0.460. The van der Waals surface area contributed by atoms with E-state index in [2.05, 4.69) is 46.5 Å². The van der Waals surface area contributed by atoms with Crippen molar-refractivity contribution in [1.29, 1.82) is 0 Å². The molecular formula is C13H25N. The van der Waals surface area contributed by atoms with Gasteiger partial charge in [-0.2, -0.15) is 0 Å². The van der Waals surface area contributed by atoms with Crippen LogP contribution in [-0.2, 0) is 0 Å². The summed E-state index contributed by atoms with van der Waals surface area (Å²) in [6.45, 7) is 15.3. The van der Waals surface area contributed by atoms with Crippen molar-refractivity contribution in [3.8, 4) is 0 Å². The minimum absolute atomic E-state index is 0.348. The summed E-state index contributed by atoms with van der Waals surface area (Å²) in [5, 5.41) is 3.58. The topological polar surface area (TPSA) is 12.0 Å². The van der Waals surface area contributed by atoms with Gasteiger partial charge >= 0.3 is 0 Å². The third kappa shape index (κ3) is 2.13. The fraction of sp³-hybridized carbons (Fsp3) is 0.846. The third-order valence-electron chi connectivity index (χ3n) is 3.76. The summed E-state index contributed by atoms with van der Waals surface area (Å²) in [6.07, 6.45) is 2.63. The molecule has 1 nitrogen and oxygen atoms in total. The SMILES string of the molecule is C=C(C)NC1(C(C)C)CC(C(C)C)C1. The molecule has 0 bridgehead atoms. The molecule has 0 aromatic carbocycles. The second-order valence-electron chi connectivity index (χ2n) is 5.63. The maximum Gasteiger partial charge on any atom is 0.0398 e. The maximum absolute atomic E-state index is 3.96. The summed E-state index contributed by atoms with van der Waals surface area (Å²) < 4.78 is 0. The minimum atomic E-state index is 0.348. The van der Waals surface area contributed by atoms with Gasteiger partial charge in [0.1, 0.15) is 0 Å². The van der Waals surface area contributed by atoms with Gasteiger partial charge in [-0.1, -0.05) is 34.3 Å². The molecule has 0 amide bonds. The first-order valence-electron chi connectivity index (χ1n) is 5.81. The lowest BCUT2D eigenvalue weighted by Gasteiger charge is -2.53. The maximum atomic E-state index is 3.96. The monoisotopic (exact) mass is 195 g/mol. The van der Waals surface area contributed by atoms with Crippen LogP contribution in [0.2, 0.25) is 0 Å². The van der Waals surface area contributed by atoms with Crippen LogP contribution in [-0.4, -0.2) is 5.54 Å². The van der Waals surface area contributed by atoms with Crippen molar-refractivity contribution in [3.63, 3.8) is 0 Å². The minimum Gasteiger partial charge on any atom is -0.383 e. The van der Waals surface area contributed by atoms with E-state index in [0.717, 1.165) is 17.5 Å². The molecule has 0 radical (unpaired) electrons. The second kappa shape index (κ2) is 3.96. The smallest absolute Gasteiger partial charge is 0.0398 e. The van der Waals surface area contributed by atoms with Gasteiger partial charge in [0.25, 0.3) is 0 Å². The van der Waals surface area contributed by atoms with Crippen LogP contribution in [0.4, 0.5) is 0 Å². The van der Waals surface area contributed by atoms with Crippen molar-refractivity contribution in [2.75, 3.05) is 0 Å². The van der Waals surface area contributed by atoms with Crippen molar-refractivity contribution >= 4 is 0 Å². The summed E-state index contributed by atoms with van der Waals surface area (Å²) in [5.41, 5.74) is 1.46. The zero-order valence-electron chi connectivity index (χ0n) is 10.4. The number of hydrogen-bond donors (Lipinski definition) is 1. The van der Waals surface area contributed by atoms with Gasteiger partial charge in [-0.15, -0.1) is 0 Å². The van der Waals surface area contributed by atoms with E-state index in [1.165, 1.54) is 12.8 Å². The van der Waals surface area contributed by atoms with Gasteiger partial charge in [-0.05, 0) is 37.5 Å². The Morgan fingerprint density at radius 3 is 2.07 bits per heavy atom. The van der Waals surface area contributed by atoms with E-state index in [4.69, 9.17) is 0 Å². The summed E-state index contributed by atoms with van der Waals surface area (Å²) in [5.74, 6) is 2.44. The Morgan fingerprint density at radius 2 is 1.79 bits per heavy atom. The molecule has 1 N–H and O–H groups in total. The second-order valence-corrected chi connectivity index (χ2v) is 5.63. The third-order valence-corrected chi connectivity index (χ3v) is 3.76. The lowest BCUT2D eigenvalue weighted by atomic mass is 9.59. The van der Waals surface area contributed by atoms with Gasteiger partial charge in [-0.25, -0.2) is 0 Å². The normalized spacial score (nSPS) is 31.8. The highest BCUT2D eigenvalue weighted by molar-refractivity contribution is 5.08. The highest BCUT2D eigenvalue weighted by Crippen LogP contribution is 2.46. The van der Waals surface area contributed by atoms with Crippen LogP contribution in [0.25, 0.3) is 0 Å². The zero-order chi connectivity index (χ0) is 10.9. The molecular weight excluding hydrogens is 170 g/mol. The molecule has 0 unspecified atom stereocenters. The molecule has 1 fully saturated rings. The number of allylic oxidation sites excluding steroid dienone is 1. The van der Waals surface area contributed by atoms with E-state index >= 15 is 0 Å². The van der Waals surface area contributed by atoms with Gasteiger partial charge in [0.2, 0.25) is 0 Å². The molecule has 0 atom stereocenters. The molecule has 1 saturated carbocycles. The van der Waals surface area contributed by atoms with E-state index < -0.39 is 0 Å². The quantitative estimate of drug-likeness (QED) is 0.723. The Balaban J connectivity index is 2.57. The van der Waals surface area contributed by atoms with Gasteiger partial charge in [0, 0.05) is 11.2 Å². The molecule has 1 aliphatic rings. The molecule has 1 aliphatic carbocycles. The first-order valence-corrected chi connectivity index (χ1v) is 5.81. The van der Waals surface area contributed by atoms with Crippen LogP contribution in [0.3, 0.4) is 0 Å². The number of rotatable bonds is 4. The summed E-state index contributed by atoms with van der Waals surface area (Å²) in [7, 11) is 0. The fourth-order valence-corrected chi connectivity index (χ4v) is 2.49. The number of hydrogen-bond acceptors (Lipinski definition) is 1. The van der Waals surface area contributed by atoms with Crippen LogP contribution < -0.4 is 5.32 Å². The first kappa shape index (κ1) is 11.6. The van der Waals surface area contributed by atoms with E-state index in [1.807, 2.05) is 0 Å². The fourth-order valence-electron chi connectivity index (χ4n) is 2.49. The average Bonchev–Trinajstić information content (AvgIpc) is 1.93. The molecule has 14 heavy (non-hydrogen) atoms. The standard InChI is InChI=1S/C13H25N/c1-9(2)12-7-13(8-12,10(3)4)14-11(5)6/h9-10,12,14H,5,7-8H2,1-4,6H3. The predicted octanol–water partition coefficient (Wildman–Crippen LogP) is 3.57. The van der Waals surface area contributed by atoms with Crippen LogP contribution >= 0.6 is 0 Å². The van der Waals surface area contributed by atoms with Gasteiger partial charge in [0.15, 0.2) is 0 Å². The van der Waals surface area contributed by atoms with E-state index in [9.17, 15) is 0 Å². The Bertz CT molecular complexity index is 209. The van der Waals surface area contributed by atoms with Crippen LogP contribution in [0.15, 0.2) is 12.3 Å². The first-order chi connectivity index (χ1) is 6.37. The Kier molecular flexibility index (Phi) is 3.28. The molecule has 1 heteroatoms. The van der Waals surface area contributed by atoms with Gasteiger partial charge < -0.3 is 5.32 Å². The van der Waals surface area contributed by atoms with Crippen LogP contribution in [0, 0.1) is 17.8 Å². The Morgan fingerprint density at radius 1 is 1.29 bits per heavy atom.